The standard InChI is InChI=1S/C14H8N2O4S/c17-16(18)10-6-12-11(19-7-20-12)5-8(10)14-15-9-3-1-2-4-13(9)21-14/h1-6H,7H2. The zero-order valence-electron chi connectivity index (χ0n) is 10.6. The molecule has 0 saturated carbocycles. The largest absolute Gasteiger partial charge is 0.454 e. The number of rotatable bonds is 2. The number of benzene rings is 2. The van der Waals surface area contributed by atoms with Gasteiger partial charge in [0.25, 0.3) is 5.69 Å². The fraction of sp³-hybridized carbons (Fsp3) is 0.0714. The van der Waals surface area contributed by atoms with Crippen LogP contribution in [-0.2, 0) is 0 Å². The average Bonchev–Trinajstić information content (AvgIpc) is 3.11. The van der Waals surface area contributed by atoms with Crippen molar-refractivity contribution >= 4 is 27.2 Å². The van der Waals surface area contributed by atoms with Crippen LogP contribution in [0.5, 0.6) is 11.5 Å². The van der Waals surface area contributed by atoms with E-state index in [2.05, 4.69) is 4.98 Å². The Morgan fingerprint density at radius 2 is 1.95 bits per heavy atom. The van der Waals surface area contributed by atoms with Crippen LogP contribution in [0.15, 0.2) is 36.4 Å². The number of hydrogen-bond donors (Lipinski definition) is 0. The van der Waals surface area contributed by atoms with Gasteiger partial charge in [0, 0.05) is 6.07 Å². The van der Waals surface area contributed by atoms with E-state index < -0.39 is 4.92 Å². The molecule has 1 aliphatic rings. The number of para-hydroxylation sites is 1. The number of nitro benzene ring substituents is 1. The molecule has 4 rings (SSSR count). The fourth-order valence-electron chi connectivity index (χ4n) is 2.24. The molecule has 0 N–H and O–H groups in total. The van der Waals surface area contributed by atoms with Crippen LogP contribution < -0.4 is 9.47 Å². The molecule has 0 fully saturated rings. The van der Waals surface area contributed by atoms with E-state index in [-0.39, 0.29) is 12.5 Å². The van der Waals surface area contributed by atoms with Crippen molar-refractivity contribution in [2.45, 2.75) is 0 Å². The minimum Gasteiger partial charge on any atom is -0.454 e. The summed E-state index contributed by atoms with van der Waals surface area (Å²) in [6.45, 7) is 0.0792. The molecule has 0 spiro atoms. The molecule has 2 aromatic carbocycles. The normalized spacial score (nSPS) is 12.8. The summed E-state index contributed by atoms with van der Waals surface area (Å²) < 4.78 is 11.5. The van der Waals surface area contributed by atoms with Crippen LogP contribution in [0.2, 0.25) is 0 Å². The highest BCUT2D eigenvalue weighted by atomic mass is 32.1. The van der Waals surface area contributed by atoms with Crippen molar-refractivity contribution in [3.63, 3.8) is 0 Å². The Hall–Kier alpha value is -2.67. The lowest BCUT2D eigenvalue weighted by Gasteiger charge is -2.01. The number of ether oxygens (including phenoxy) is 2. The first kappa shape index (κ1) is 12.1. The van der Waals surface area contributed by atoms with Crippen LogP contribution >= 0.6 is 11.3 Å². The summed E-state index contributed by atoms with van der Waals surface area (Å²) in [6.07, 6.45) is 0. The van der Waals surface area contributed by atoms with Crippen molar-refractivity contribution in [1.82, 2.24) is 4.98 Å². The molecule has 2 heterocycles. The monoisotopic (exact) mass is 300 g/mol. The second kappa shape index (κ2) is 4.42. The minimum atomic E-state index is -0.427. The fourth-order valence-corrected chi connectivity index (χ4v) is 3.23. The van der Waals surface area contributed by atoms with Gasteiger partial charge in [-0.15, -0.1) is 11.3 Å². The molecule has 0 aliphatic carbocycles. The number of fused-ring (bicyclic) bond motifs is 2. The van der Waals surface area contributed by atoms with E-state index in [0.29, 0.717) is 22.1 Å². The van der Waals surface area contributed by atoms with Crippen LogP contribution in [-0.4, -0.2) is 16.7 Å². The van der Waals surface area contributed by atoms with Crippen molar-refractivity contribution in [2.24, 2.45) is 0 Å². The van der Waals surface area contributed by atoms with E-state index in [4.69, 9.17) is 9.47 Å². The highest BCUT2D eigenvalue weighted by Gasteiger charge is 2.25. The Balaban J connectivity index is 1.96. The van der Waals surface area contributed by atoms with Crippen molar-refractivity contribution in [2.75, 3.05) is 6.79 Å². The lowest BCUT2D eigenvalue weighted by atomic mass is 10.1. The maximum Gasteiger partial charge on any atom is 0.283 e. The molecule has 3 aromatic rings. The van der Waals surface area contributed by atoms with Gasteiger partial charge >= 0.3 is 0 Å². The molecule has 6 nitrogen and oxygen atoms in total. The maximum absolute atomic E-state index is 11.3. The molecule has 104 valence electrons. The number of nitrogens with zero attached hydrogens (tertiary/aromatic N) is 2. The maximum atomic E-state index is 11.3. The number of hydrogen-bond acceptors (Lipinski definition) is 6. The van der Waals surface area contributed by atoms with Crippen molar-refractivity contribution in [3.8, 4) is 22.1 Å². The summed E-state index contributed by atoms with van der Waals surface area (Å²) in [4.78, 5) is 15.3. The van der Waals surface area contributed by atoms with Gasteiger partial charge in [-0.25, -0.2) is 4.98 Å². The van der Waals surface area contributed by atoms with E-state index in [1.807, 2.05) is 24.3 Å². The summed E-state index contributed by atoms with van der Waals surface area (Å²) in [5, 5.41) is 11.9. The van der Waals surface area contributed by atoms with Crippen LogP contribution in [0, 0.1) is 10.1 Å². The van der Waals surface area contributed by atoms with E-state index in [0.717, 1.165) is 10.2 Å². The third-order valence-electron chi connectivity index (χ3n) is 3.21. The van der Waals surface area contributed by atoms with Crippen LogP contribution in [0.4, 0.5) is 5.69 Å². The Labute approximate surface area is 122 Å². The molecule has 7 heteroatoms. The van der Waals surface area contributed by atoms with E-state index in [1.54, 1.807) is 6.07 Å². The quantitative estimate of drug-likeness (QED) is 0.534. The summed E-state index contributed by atoms with van der Waals surface area (Å²) >= 11 is 1.42. The average molecular weight is 300 g/mol. The topological polar surface area (TPSA) is 74.5 Å². The molecule has 0 atom stereocenters. The molecule has 0 saturated heterocycles. The smallest absolute Gasteiger partial charge is 0.283 e. The Morgan fingerprint density at radius 3 is 2.71 bits per heavy atom. The summed E-state index contributed by atoms with van der Waals surface area (Å²) in [5.41, 5.74) is 1.24. The lowest BCUT2D eigenvalue weighted by molar-refractivity contribution is -0.384. The highest BCUT2D eigenvalue weighted by Crippen LogP contribution is 2.43. The predicted molar refractivity (Wildman–Crippen MR) is 77.8 cm³/mol. The van der Waals surface area contributed by atoms with Crippen LogP contribution in [0.1, 0.15) is 0 Å². The predicted octanol–water partition coefficient (Wildman–Crippen LogP) is 3.60. The molecule has 0 amide bonds. The van der Waals surface area contributed by atoms with Gasteiger partial charge in [0.15, 0.2) is 11.5 Å². The van der Waals surface area contributed by atoms with Crippen molar-refractivity contribution in [3.05, 3.63) is 46.5 Å². The van der Waals surface area contributed by atoms with Gasteiger partial charge in [0.2, 0.25) is 6.79 Å². The Morgan fingerprint density at radius 1 is 1.19 bits per heavy atom. The molecule has 1 aromatic heterocycles. The SMILES string of the molecule is O=[N+]([O-])c1cc2c(cc1-c1nc3ccccc3s1)OCO2. The zero-order valence-corrected chi connectivity index (χ0v) is 11.4. The van der Waals surface area contributed by atoms with Gasteiger partial charge in [-0.05, 0) is 12.1 Å². The van der Waals surface area contributed by atoms with Gasteiger partial charge in [0.05, 0.1) is 26.8 Å². The van der Waals surface area contributed by atoms with Gasteiger partial charge in [-0.2, -0.15) is 0 Å². The summed E-state index contributed by atoms with van der Waals surface area (Å²) in [6, 6.07) is 10.6. The van der Waals surface area contributed by atoms with Crippen molar-refractivity contribution in [1.29, 1.82) is 0 Å². The highest BCUT2D eigenvalue weighted by molar-refractivity contribution is 7.21. The number of aromatic nitrogens is 1. The summed E-state index contributed by atoms with van der Waals surface area (Å²) in [5.74, 6) is 0.904. The molecule has 21 heavy (non-hydrogen) atoms. The van der Waals surface area contributed by atoms with Crippen LogP contribution in [0.3, 0.4) is 0 Å². The first-order valence-electron chi connectivity index (χ1n) is 6.16. The van der Waals surface area contributed by atoms with Gasteiger partial charge in [-0.3, -0.25) is 10.1 Å². The van der Waals surface area contributed by atoms with Gasteiger partial charge in [0.1, 0.15) is 5.01 Å². The van der Waals surface area contributed by atoms with E-state index in [1.165, 1.54) is 17.4 Å². The van der Waals surface area contributed by atoms with Crippen molar-refractivity contribution < 1.29 is 14.4 Å². The van der Waals surface area contributed by atoms with Gasteiger partial charge in [-0.1, -0.05) is 12.1 Å². The van der Waals surface area contributed by atoms with Gasteiger partial charge < -0.3 is 9.47 Å². The second-order valence-corrected chi connectivity index (χ2v) is 5.50. The third-order valence-corrected chi connectivity index (χ3v) is 4.28. The molecule has 0 bridgehead atoms. The molecule has 0 unspecified atom stereocenters. The number of nitro groups is 1. The third kappa shape index (κ3) is 1.90. The van der Waals surface area contributed by atoms with E-state index in [9.17, 15) is 10.1 Å². The lowest BCUT2D eigenvalue weighted by Crippen LogP contribution is -1.93. The molecule has 1 aliphatic heterocycles. The zero-order chi connectivity index (χ0) is 14.4. The van der Waals surface area contributed by atoms with E-state index >= 15 is 0 Å². The first-order chi connectivity index (χ1) is 10.2. The summed E-state index contributed by atoms with van der Waals surface area (Å²) in [7, 11) is 0. The number of thiazole rings is 1. The first-order valence-corrected chi connectivity index (χ1v) is 6.98. The minimum absolute atomic E-state index is 0.0293. The Kier molecular flexibility index (Phi) is 2.55. The molecule has 0 radical (unpaired) electrons. The molecular formula is C14H8N2O4S. The molecular weight excluding hydrogens is 292 g/mol. The second-order valence-electron chi connectivity index (χ2n) is 4.47. The van der Waals surface area contributed by atoms with Crippen LogP contribution in [0.25, 0.3) is 20.8 Å². The Bertz CT molecular complexity index is 842.